The van der Waals surface area contributed by atoms with E-state index in [0.717, 1.165) is 24.5 Å². The third kappa shape index (κ3) is 3.36. The summed E-state index contributed by atoms with van der Waals surface area (Å²) in [5.41, 5.74) is 1.17. The van der Waals surface area contributed by atoms with Crippen LogP contribution in [-0.2, 0) is 0 Å². The lowest BCUT2D eigenvalue weighted by Crippen LogP contribution is -2.49. The van der Waals surface area contributed by atoms with Crippen LogP contribution in [0.3, 0.4) is 0 Å². The first kappa shape index (κ1) is 15.1. The SMILES string of the molecule is COc1cccc(N2CCN(C(=O)c3cccc(=O)[nH]3)CC2)c1. The van der Waals surface area contributed by atoms with Crippen LogP contribution in [0.15, 0.2) is 47.3 Å². The molecular weight excluding hydrogens is 294 g/mol. The van der Waals surface area contributed by atoms with Crippen LogP contribution in [0.4, 0.5) is 5.69 Å². The highest BCUT2D eigenvalue weighted by atomic mass is 16.5. The fraction of sp³-hybridized carbons (Fsp3) is 0.294. The molecule has 23 heavy (non-hydrogen) atoms. The first-order chi connectivity index (χ1) is 11.2. The Morgan fingerprint density at radius 3 is 2.52 bits per heavy atom. The van der Waals surface area contributed by atoms with Crippen molar-refractivity contribution in [3.05, 3.63) is 58.5 Å². The van der Waals surface area contributed by atoms with Crippen molar-refractivity contribution < 1.29 is 9.53 Å². The van der Waals surface area contributed by atoms with Crippen molar-refractivity contribution in [3.8, 4) is 5.75 Å². The summed E-state index contributed by atoms with van der Waals surface area (Å²) < 4.78 is 5.25. The molecule has 0 unspecified atom stereocenters. The van der Waals surface area contributed by atoms with Crippen molar-refractivity contribution in [2.24, 2.45) is 0 Å². The average Bonchev–Trinajstić information content (AvgIpc) is 2.61. The van der Waals surface area contributed by atoms with Gasteiger partial charge in [-0.3, -0.25) is 9.59 Å². The Hall–Kier alpha value is -2.76. The van der Waals surface area contributed by atoms with E-state index in [4.69, 9.17) is 4.74 Å². The van der Waals surface area contributed by atoms with Crippen molar-refractivity contribution in [1.29, 1.82) is 0 Å². The van der Waals surface area contributed by atoms with E-state index in [9.17, 15) is 9.59 Å². The predicted octanol–water partition coefficient (Wildman–Crippen LogP) is 1.35. The highest BCUT2D eigenvalue weighted by molar-refractivity contribution is 5.92. The minimum absolute atomic E-state index is 0.131. The maximum atomic E-state index is 12.4. The molecule has 1 N–H and O–H groups in total. The molecule has 0 aliphatic carbocycles. The van der Waals surface area contributed by atoms with E-state index in [1.807, 2.05) is 24.3 Å². The molecule has 1 amide bonds. The smallest absolute Gasteiger partial charge is 0.270 e. The Balaban J connectivity index is 1.66. The number of methoxy groups -OCH3 is 1. The van der Waals surface area contributed by atoms with Crippen LogP contribution in [0.5, 0.6) is 5.75 Å². The molecule has 1 aromatic heterocycles. The highest BCUT2D eigenvalue weighted by Gasteiger charge is 2.22. The van der Waals surface area contributed by atoms with Gasteiger partial charge in [0, 0.05) is 44.0 Å². The van der Waals surface area contributed by atoms with Gasteiger partial charge in [-0.15, -0.1) is 0 Å². The van der Waals surface area contributed by atoms with Crippen LogP contribution < -0.4 is 15.2 Å². The van der Waals surface area contributed by atoms with E-state index < -0.39 is 0 Å². The second-order valence-electron chi connectivity index (χ2n) is 5.41. The maximum absolute atomic E-state index is 12.4. The molecule has 3 rings (SSSR count). The minimum Gasteiger partial charge on any atom is -0.497 e. The standard InChI is InChI=1S/C17H19N3O3/c1-23-14-5-2-4-13(12-14)19-8-10-20(11-9-19)17(22)15-6-3-7-16(21)18-15/h2-7,12H,8-11H2,1H3,(H,18,21). The van der Waals surface area contributed by atoms with Crippen LogP contribution >= 0.6 is 0 Å². The lowest BCUT2D eigenvalue weighted by atomic mass is 10.2. The molecule has 1 aliphatic heterocycles. The van der Waals surface area contributed by atoms with E-state index in [1.54, 1.807) is 24.1 Å². The fourth-order valence-corrected chi connectivity index (χ4v) is 2.72. The summed E-state index contributed by atoms with van der Waals surface area (Å²) in [6.45, 7) is 2.73. The predicted molar refractivity (Wildman–Crippen MR) is 88.2 cm³/mol. The quantitative estimate of drug-likeness (QED) is 0.929. The number of nitrogens with one attached hydrogen (secondary N) is 1. The number of hydrogen-bond acceptors (Lipinski definition) is 4. The first-order valence-corrected chi connectivity index (χ1v) is 7.55. The monoisotopic (exact) mass is 313 g/mol. The number of amides is 1. The van der Waals surface area contributed by atoms with Crippen molar-refractivity contribution >= 4 is 11.6 Å². The first-order valence-electron chi connectivity index (χ1n) is 7.55. The number of anilines is 1. The topological polar surface area (TPSA) is 65.6 Å². The molecule has 0 bridgehead atoms. The Kier molecular flexibility index (Phi) is 4.32. The molecule has 1 aromatic carbocycles. The minimum atomic E-state index is -0.258. The molecule has 120 valence electrons. The zero-order chi connectivity index (χ0) is 16.2. The molecule has 0 saturated carbocycles. The third-order valence-corrected chi connectivity index (χ3v) is 3.98. The van der Waals surface area contributed by atoms with Gasteiger partial charge in [-0.25, -0.2) is 0 Å². The molecule has 1 aliphatic rings. The Morgan fingerprint density at radius 2 is 1.83 bits per heavy atom. The van der Waals surface area contributed by atoms with Gasteiger partial charge in [0.15, 0.2) is 0 Å². The number of benzene rings is 1. The Bertz CT molecular complexity index is 748. The number of aromatic amines is 1. The van der Waals surface area contributed by atoms with E-state index in [2.05, 4.69) is 9.88 Å². The van der Waals surface area contributed by atoms with Crippen molar-refractivity contribution in [3.63, 3.8) is 0 Å². The number of carbonyl (C=O) groups excluding carboxylic acids is 1. The molecule has 1 saturated heterocycles. The van der Waals surface area contributed by atoms with Crippen LogP contribution in [0.2, 0.25) is 0 Å². The van der Waals surface area contributed by atoms with Gasteiger partial charge in [0.2, 0.25) is 5.56 Å². The number of rotatable bonds is 3. The largest absolute Gasteiger partial charge is 0.497 e. The number of ether oxygens (including phenoxy) is 1. The molecule has 2 aromatic rings. The second kappa shape index (κ2) is 6.56. The Labute approximate surface area is 134 Å². The van der Waals surface area contributed by atoms with Crippen molar-refractivity contribution in [2.75, 3.05) is 38.2 Å². The van der Waals surface area contributed by atoms with E-state index >= 15 is 0 Å². The number of nitrogens with zero attached hydrogens (tertiary/aromatic N) is 2. The van der Waals surface area contributed by atoms with Gasteiger partial charge in [0.1, 0.15) is 11.4 Å². The molecule has 6 heteroatoms. The van der Waals surface area contributed by atoms with E-state index in [-0.39, 0.29) is 11.5 Å². The number of H-pyrrole nitrogens is 1. The van der Waals surface area contributed by atoms with E-state index in [0.29, 0.717) is 18.8 Å². The van der Waals surface area contributed by atoms with Gasteiger partial charge in [-0.05, 0) is 18.2 Å². The number of aromatic nitrogens is 1. The number of piperazine rings is 1. The molecule has 0 spiro atoms. The Morgan fingerprint density at radius 1 is 1.09 bits per heavy atom. The normalized spacial score (nSPS) is 14.7. The van der Waals surface area contributed by atoms with E-state index in [1.165, 1.54) is 6.07 Å². The summed E-state index contributed by atoms with van der Waals surface area (Å²) in [7, 11) is 1.65. The second-order valence-corrected chi connectivity index (χ2v) is 5.41. The maximum Gasteiger partial charge on any atom is 0.270 e. The van der Waals surface area contributed by atoms with Crippen molar-refractivity contribution in [1.82, 2.24) is 9.88 Å². The van der Waals surface area contributed by atoms with Gasteiger partial charge in [-0.2, -0.15) is 0 Å². The lowest BCUT2D eigenvalue weighted by molar-refractivity contribution is 0.0740. The number of pyridine rings is 1. The summed E-state index contributed by atoms with van der Waals surface area (Å²) >= 11 is 0. The highest BCUT2D eigenvalue weighted by Crippen LogP contribution is 2.22. The zero-order valence-electron chi connectivity index (χ0n) is 13.0. The number of hydrogen-bond donors (Lipinski definition) is 1. The fourth-order valence-electron chi connectivity index (χ4n) is 2.72. The molecule has 6 nitrogen and oxygen atoms in total. The molecular formula is C17H19N3O3. The van der Waals surface area contributed by atoms with Crippen LogP contribution in [0.25, 0.3) is 0 Å². The molecule has 0 radical (unpaired) electrons. The van der Waals surface area contributed by atoms with Crippen LogP contribution in [-0.4, -0.2) is 49.1 Å². The lowest BCUT2D eigenvalue weighted by Gasteiger charge is -2.36. The van der Waals surface area contributed by atoms with Gasteiger partial charge in [0.25, 0.3) is 5.91 Å². The number of carbonyl (C=O) groups is 1. The molecule has 1 fully saturated rings. The van der Waals surface area contributed by atoms with Crippen LogP contribution in [0.1, 0.15) is 10.5 Å². The van der Waals surface area contributed by atoms with Gasteiger partial charge < -0.3 is 19.5 Å². The van der Waals surface area contributed by atoms with Gasteiger partial charge in [0.05, 0.1) is 7.11 Å². The summed E-state index contributed by atoms with van der Waals surface area (Å²) in [5.74, 6) is 0.691. The average molecular weight is 313 g/mol. The molecule has 0 atom stereocenters. The van der Waals surface area contributed by atoms with Crippen LogP contribution in [0, 0.1) is 0 Å². The molecule has 2 heterocycles. The van der Waals surface area contributed by atoms with Crippen molar-refractivity contribution in [2.45, 2.75) is 0 Å². The third-order valence-electron chi connectivity index (χ3n) is 3.98. The zero-order valence-corrected chi connectivity index (χ0v) is 13.0. The van der Waals surface area contributed by atoms with Gasteiger partial charge >= 0.3 is 0 Å². The summed E-state index contributed by atoms with van der Waals surface area (Å²) in [5, 5.41) is 0. The summed E-state index contributed by atoms with van der Waals surface area (Å²) in [6.07, 6.45) is 0. The summed E-state index contributed by atoms with van der Waals surface area (Å²) in [6, 6.07) is 12.5. The van der Waals surface area contributed by atoms with Gasteiger partial charge in [-0.1, -0.05) is 12.1 Å². The summed E-state index contributed by atoms with van der Waals surface area (Å²) in [4.78, 5) is 30.3.